The topological polar surface area (TPSA) is 85.4 Å². The first-order valence-electron chi connectivity index (χ1n) is 11.4. The Morgan fingerprint density at radius 2 is 1.94 bits per heavy atom. The summed E-state index contributed by atoms with van der Waals surface area (Å²) in [7, 11) is 0. The predicted octanol–water partition coefficient (Wildman–Crippen LogP) is 2.36. The van der Waals surface area contributed by atoms with Crippen LogP contribution in [0.3, 0.4) is 0 Å². The Kier molecular flexibility index (Phi) is 8.37. The van der Waals surface area contributed by atoms with Crippen molar-refractivity contribution in [1.29, 1.82) is 0 Å². The minimum Gasteiger partial charge on any atom is -0.395 e. The van der Waals surface area contributed by atoms with Gasteiger partial charge in [-0.05, 0) is 49.6 Å². The van der Waals surface area contributed by atoms with Crippen molar-refractivity contribution in [2.24, 2.45) is 10.7 Å². The molecule has 1 amide bonds. The highest BCUT2D eigenvalue weighted by Crippen LogP contribution is 2.33. The molecule has 2 aliphatic rings. The van der Waals surface area contributed by atoms with E-state index < -0.39 is 11.7 Å². The number of allylic oxidation sites excluding steroid dienone is 1. The van der Waals surface area contributed by atoms with Crippen molar-refractivity contribution in [3.63, 3.8) is 0 Å². The van der Waals surface area contributed by atoms with E-state index in [4.69, 9.17) is 5.73 Å². The zero-order valence-corrected chi connectivity index (χ0v) is 19.4. The van der Waals surface area contributed by atoms with E-state index in [9.17, 15) is 23.1 Å². The summed E-state index contributed by atoms with van der Waals surface area (Å²) in [4.78, 5) is 23.2. The van der Waals surface area contributed by atoms with Crippen molar-refractivity contribution in [2.45, 2.75) is 32.5 Å². The van der Waals surface area contributed by atoms with Crippen LogP contribution >= 0.6 is 0 Å². The fourth-order valence-corrected chi connectivity index (χ4v) is 4.41. The van der Waals surface area contributed by atoms with Gasteiger partial charge in [-0.15, -0.1) is 0 Å². The number of halogens is 3. The van der Waals surface area contributed by atoms with Crippen LogP contribution in [0.25, 0.3) is 0 Å². The zero-order valence-electron chi connectivity index (χ0n) is 19.4. The van der Waals surface area contributed by atoms with Crippen LogP contribution in [-0.4, -0.2) is 77.9 Å². The molecule has 0 bridgehead atoms. The van der Waals surface area contributed by atoms with Gasteiger partial charge in [-0.2, -0.15) is 13.2 Å². The van der Waals surface area contributed by atoms with E-state index >= 15 is 0 Å². The molecule has 0 unspecified atom stereocenters. The van der Waals surface area contributed by atoms with Crippen LogP contribution < -0.4 is 5.73 Å². The SMILES string of the molecule is C=C(/C(C)=C(\N=CN)C(=O)N1CCCN(CCO)CC1)N1CCc2ccc(C(F)(F)F)cc2C1. The van der Waals surface area contributed by atoms with E-state index in [1.165, 1.54) is 12.1 Å². The molecular formula is C24H32F3N5O2. The number of hydrogen-bond donors (Lipinski definition) is 2. The van der Waals surface area contributed by atoms with Gasteiger partial charge in [0.05, 0.1) is 18.5 Å². The number of benzene rings is 1. The highest BCUT2D eigenvalue weighted by molar-refractivity contribution is 5.95. The second-order valence-corrected chi connectivity index (χ2v) is 8.56. The van der Waals surface area contributed by atoms with Crippen molar-refractivity contribution in [3.8, 4) is 0 Å². The largest absolute Gasteiger partial charge is 0.416 e. The maximum absolute atomic E-state index is 13.3. The van der Waals surface area contributed by atoms with Crippen molar-refractivity contribution in [1.82, 2.24) is 14.7 Å². The van der Waals surface area contributed by atoms with Crippen molar-refractivity contribution >= 4 is 12.2 Å². The van der Waals surface area contributed by atoms with E-state index in [-0.39, 0.29) is 24.8 Å². The van der Waals surface area contributed by atoms with Gasteiger partial charge in [-0.25, -0.2) is 4.99 Å². The third kappa shape index (κ3) is 5.98. The van der Waals surface area contributed by atoms with E-state index in [0.717, 1.165) is 30.9 Å². The number of carbonyl (C=O) groups excluding carboxylic acids is 1. The van der Waals surface area contributed by atoms with Gasteiger partial charge in [0.25, 0.3) is 5.91 Å². The Labute approximate surface area is 198 Å². The van der Waals surface area contributed by atoms with Crippen LogP contribution in [0.4, 0.5) is 13.2 Å². The van der Waals surface area contributed by atoms with Crippen LogP contribution in [0.2, 0.25) is 0 Å². The molecule has 1 fully saturated rings. The molecule has 3 rings (SSSR count). The second-order valence-electron chi connectivity index (χ2n) is 8.56. The fraction of sp³-hybridized carbons (Fsp3) is 0.500. The summed E-state index contributed by atoms with van der Waals surface area (Å²) in [6, 6.07) is 3.84. The molecule has 10 heteroatoms. The van der Waals surface area contributed by atoms with Gasteiger partial charge in [0.1, 0.15) is 5.70 Å². The summed E-state index contributed by atoms with van der Waals surface area (Å²) in [5.74, 6) is -0.261. The summed E-state index contributed by atoms with van der Waals surface area (Å²) >= 11 is 0. The molecule has 7 nitrogen and oxygen atoms in total. The lowest BCUT2D eigenvalue weighted by molar-refractivity contribution is -0.137. The molecule has 2 heterocycles. The maximum atomic E-state index is 13.3. The summed E-state index contributed by atoms with van der Waals surface area (Å²) in [5, 5.41) is 9.18. The molecule has 0 radical (unpaired) electrons. The molecular weight excluding hydrogens is 447 g/mol. The first-order chi connectivity index (χ1) is 16.2. The lowest BCUT2D eigenvalue weighted by atomic mass is 9.96. The van der Waals surface area contributed by atoms with Crippen LogP contribution in [0, 0.1) is 0 Å². The minimum absolute atomic E-state index is 0.0684. The van der Waals surface area contributed by atoms with E-state index in [2.05, 4.69) is 16.5 Å². The summed E-state index contributed by atoms with van der Waals surface area (Å²) < 4.78 is 39.5. The first kappa shape index (κ1) is 25.8. The van der Waals surface area contributed by atoms with Crippen LogP contribution in [0.5, 0.6) is 0 Å². The number of hydrogen-bond acceptors (Lipinski definition) is 5. The lowest BCUT2D eigenvalue weighted by Gasteiger charge is -2.33. The molecule has 0 aliphatic carbocycles. The lowest BCUT2D eigenvalue weighted by Crippen LogP contribution is -2.37. The number of carbonyl (C=O) groups is 1. The summed E-state index contributed by atoms with van der Waals surface area (Å²) in [6.45, 7) is 9.84. The number of amides is 1. The summed E-state index contributed by atoms with van der Waals surface area (Å²) in [6.07, 6.45) is -1.98. The smallest absolute Gasteiger partial charge is 0.395 e. The normalized spacial score (nSPS) is 18.5. The molecule has 1 aromatic rings. The average Bonchev–Trinajstić information content (AvgIpc) is 3.06. The molecule has 3 N–H and O–H groups in total. The Balaban J connectivity index is 1.80. The number of fused-ring (bicyclic) bond motifs is 1. The number of β-amino-alcohol motifs (C(OH)–C–C–N with tert-alkyl or cyclic N) is 1. The van der Waals surface area contributed by atoms with Crippen LogP contribution in [-0.2, 0) is 23.9 Å². The highest BCUT2D eigenvalue weighted by Gasteiger charge is 2.32. The van der Waals surface area contributed by atoms with Crippen LogP contribution in [0.1, 0.15) is 30.0 Å². The number of aliphatic hydroxyl groups excluding tert-OH is 1. The van der Waals surface area contributed by atoms with Crippen molar-refractivity contribution in [3.05, 3.63) is 58.4 Å². The summed E-state index contributed by atoms with van der Waals surface area (Å²) in [5.41, 5.74) is 7.60. The zero-order chi connectivity index (χ0) is 24.9. The number of aliphatic hydroxyl groups is 1. The van der Waals surface area contributed by atoms with E-state index in [0.29, 0.717) is 56.0 Å². The fourth-order valence-electron chi connectivity index (χ4n) is 4.41. The van der Waals surface area contributed by atoms with E-state index in [1.807, 2.05) is 4.90 Å². The van der Waals surface area contributed by atoms with Gasteiger partial charge in [0, 0.05) is 50.5 Å². The monoisotopic (exact) mass is 479 g/mol. The van der Waals surface area contributed by atoms with Crippen molar-refractivity contribution < 1.29 is 23.1 Å². The van der Waals surface area contributed by atoms with Gasteiger partial charge < -0.3 is 20.6 Å². The molecule has 186 valence electrons. The van der Waals surface area contributed by atoms with Gasteiger partial charge in [-0.3, -0.25) is 9.69 Å². The number of nitrogens with zero attached hydrogens (tertiary/aromatic N) is 4. The number of nitrogens with two attached hydrogens (primary N) is 1. The Hall–Kier alpha value is -2.85. The second kappa shape index (κ2) is 11.1. The van der Waals surface area contributed by atoms with Gasteiger partial charge in [0.2, 0.25) is 0 Å². The van der Waals surface area contributed by atoms with Gasteiger partial charge >= 0.3 is 6.18 Å². The molecule has 0 aromatic heterocycles. The molecule has 1 saturated heterocycles. The molecule has 0 atom stereocenters. The Morgan fingerprint density at radius 3 is 2.62 bits per heavy atom. The number of alkyl halides is 3. The molecule has 2 aliphatic heterocycles. The van der Waals surface area contributed by atoms with Crippen molar-refractivity contribution in [2.75, 3.05) is 45.9 Å². The number of rotatable bonds is 6. The standard InChI is InChI=1S/C24H32F3N5O2/c1-17(22(29-16-28)23(34)31-8-3-7-30(10-11-31)12-13-33)18(2)32-9-6-19-4-5-21(24(25,26)27)14-20(19)15-32/h4-5,14,16,33H,2-3,6-13,15H2,1H3,(H2,28,29)/b22-17-. The van der Waals surface area contributed by atoms with Gasteiger partial charge in [-0.1, -0.05) is 12.6 Å². The third-order valence-corrected chi connectivity index (χ3v) is 6.41. The van der Waals surface area contributed by atoms with Crippen LogP contribution in [0.15, 0.2) is 46.7 Å². The Morgan fingerprint density at radius 1 is 1.18 bits per heavy atom. The third-order valence-electron chi connectivity index (χ3n) is 6.41. The van der Waals surface area contributed by atoms with Gasteiger partial charge in [0.15, 0.2) is 0 Å². The number of aliphatic imine (C=N–C) groups is 1. The molecule has 0 spiro atoms. The molecule has 34 heavy (non-hydrogen) atoms. The Bertz CT molecular complexity index is 974. The predicted molar refractivity (Wildman–Crippen MR) is 125 cm³/mol. The minimum atomic E-state index is -4.40. The van der Waals surface area contributed by atoms with E-state index in [1.54, 1.807) is 11.8 Å². The maximum Gasteiger partial charge on any atom is 0.416 e. The quantitative estimate of drug-likeness (QED) is 0.283. The molecule has 1 aromatic carbocycles. The first-order valence-corrected chi connectivity index (χ1v) is 11.4. The average molecular weight is 480 g/mol. The molecule has 0 saturated carbocycles. The highest BCUT2D eigenvalue weighted by atomic mass is 19.4.